The molecule has 0 radical (unpaired) electrons. The van der Waals surface area contributed by atoms with Crippen LogP contribution in [-0.2, 0) is 16.6 Å². The molecule has 3 N–H and O–H groups in total. The Morgan fingerprint density at radius 1 is 1.08 bits per heavy atom. The van der Waals surface area contributed by atoms with E-state index in [0.717, 1.165) is 13.1 Å². The molecule has 0 saturated heterocycles. The van der Waals surface area contributed by atoms with E-state index in [1.54, 1.807) is 18.2 Å². The molecule has 1 aromatic carbocycles. The maximum Gasteiger partial charge on any atom is 0.241 e. The van der Waals surface area contributed by atoms with Crippen molar-refractivity contribution in [1.82, 2.24) is 15.4 Å². The van der Waals surface area contributed by atoms with Crippen molar-refractivity contribution in [1.29, 1.82) is 0 Å². The van der Waals surface area contributed by atoms with Gasteiger partial charge in [-0.1, -0.05) is 18.2 Å². The van der Waals surface area contributed by atoms with E-state index in [-0.39, 0.29) is 35.4 Å². The van der Waals surface area contributed by atoms with Gasteiger partial charge in [-0.05, 0) is 46.2 Å². The van der Waals surface area contributed by atoms with Gasteiger partial charge < -0.3 is 10.6 Å². The largest absolute Gasteiger partial charge is 0.357 e. The molecule has 0 saturated carbocycles. The standard InChI is InChI=1S/C16H28N4O2S.HI/c1-6-17-15(18-7-2)19-12-13-10-8-9-11-14(13)23(21,22)20-16(3,4)5;/h8-11,20H,6-7,12H2,1-5H3,(H2,17,18,19);1H. The Hall–Kier alpha value is -0.870. The molecule has 24 heavy (non-hydrogen) atoms. The Balaban J connectivity index is 0.00000529. The second kappa shape index (κ2) is 10.2. The first-order valence-corrected chi connectivity index (χ1v) is 9.32. The number of nitrogens with zero attached hydrogens (tertiary/aromatic N) is 1. The maximum absolute atomic E-state index is 12.6. The number of halogens is 1. The van der Waals surface area contributed by atoms with Gasteiger partial charge in [0.2, 0.25) is 10.0 Å². The molecule has 0 unspecified atom stereocenters. The number of aliphatic imine (C=N–C) groups is 1. The zero-order valence-corrected chi connectivity index (χ0v) is 18.2. The summed E-state index contributed by atoms with van der Waals surface area (Å²) in [7, 11) is -3.58. The summed E-state index contributed by atoms with van der Waals surface area (Å²) in [5.41, 5.74) is 0.131. The van der Waals surface area contributed by atoms with Crippen LogP contribution in [-0.4, -0.2) is 33.0 Å². The van der Waals surface area contributed by atoms with Gasteiger partial charge in [0.1, 0.15) is 0 Å². The summed E-state index contributed by atoms with van der Waals surface area (Å²) in [5, 5.41) is 6.25. The van der Waals surface area contributed by atoms with E-state index in [4.69, 9.17) is 0 Å². The van der Waals surface area contributed by atoms with Crippen molar-refractivity contribution < 1.29 is 8.42 Å². The SMILES string of the molecule is CCNC(=NCc1ccccc1S(=O)(=O)NC(C)(C)C)NCC.I. The molecule has 138 valence electrons. The molecule has 0 heterocycles. The minimum Gasteiger partial charge on any atom is -0.357 e. The van der Waals surface area contributed by atoms with Gasteiger partial charge in [-0.25, -0.2) is 18.1 Å². The number of guanidine groups is 1. The van der Waals surface area contributed by atoms with Crippen LogP contribution in [0.4, 0.5) is 0 Å². The first-order valence-electron chi connectivity index (χ1n) is 7.83. The lowest BCUT2D eigenvalue weighted by atomic mass is 10.1. The molecule has 0 aliphatic rings. The molecular weight excluding hydrogens is 439 g/mol. The van der Waals surface area contributed by atoms with Gasteiger partial charge in [0, 0.05) is 18.6 Å². The average molecular weight is 468 g/mol. The van der Waals surface area contributed by atoms with Crippen LogP contribution in [0.15, 0.2) is 34.2 Å². The van der Waals surface area contributed by atoms with Gasteiger partial charge in [0.25, 0.3) is 0 Å². The number of benzene rings is 1. The third-order valence-electron chi connectivity index (χ3n) is 2.80. The zero-order valence-electron chi connectivity index (χ0n) is 15.0. The maximum atomic E-state index is 12.6. The second-order valence-electron chi connectivity index (χ2n) is 6.19. The number of sulfonamides is 1. The van der Waals surface area contributed by atoms with Gasteiger partial charge in [-0.3, -0.25) is 0 Å². The van der Waals surface area contributed by atoms with Crippen molar-refractivity contribution >= 4 is 40.0 Å². The number of nitrogens with one attached hydrogen (secondary N) is 3. The molecule has 0 spiro atoms. The lowest BCUT2D eigenvalue weighted by Crippen LogP contribution is -2.40. The normalized spacial score (nSPS) is 11.4. The first-order chi connectivity index (χ1) is 10.7. The fraction of sp³-hybridized carbons (Fsp3) is 0.562. The molecule has 0 amide bonds. The highest BCUT2D eigenvalue weighted by Gasteiger charge is 2.24. The van der Waals surface area contributed by atoms with Crippen molar-refractivity contribution in [3.8, 4) is 0 Å². The highest BCUT2D eigenvalue weighted by molar-refractivity contribution is 14.0. The van der Waals surface area contributed by atoms with Gasteiger partial charge >= 0.3 is 0 Å². The number of rotatable bonds is 6. The lowest BCUT2D eigenvalue weighted by Gasteiger charge is -2.21. The van der Waals surface area contributed by atoms with Crippen molar-refractivity contribution in [2.75, 3.05) is 13.1 Å². The summed E-state index contributed by atoms with van der Waals surface area (Å²) in [4.78, 5) is 4.72. The molecule has 8 heteroatoms. The highest BCUT2D eigenvalue weighted by atomic mass is 127. The van der Waals surface area contributed by atoms with E-state index < -0.39 is 15.6 Å². The van der Waals surface area contributed by atoms with E-state index in [1.807, 2.05) is 40.7 Å². The quantitative estimate of drug-likeness (QED) is 0.340. The molecule has 0 aliphatic heterocycles. The minimum absolute atomic E-state index is 0. The average Bonchev–Trinajstić information content (AvgIpc) is 2.43. The van der Waals surface area contributed by atoms with E-state index in [9.17, 15) is 8.42 Å². The van der Waals surface area contributed by atoms with Crippen LogP contribution in [0, 0.1) is 0 Å². The Bertz CT molecular complexity index is 632. The van der Waals surface area contributed by atoms with E-state index >= 15 is 0 Å². The molecule has 0 aliphatic carbocycles. The van der Waals surface area contributed by atoms with Crippen LogP contribution in [0.25, 0.3) is 0 Å². The molecule has 0 atom stereocenters. The highest BCUT2D eigenvalue weighted by Crippen LogP contribution is 2.18. The second-order valence-corrected chi connectivity index (χ2v) is 7.84. The Morgan fingerprint density at radius 2 is 1.62 bits per heavy atom. The smallest absolute Gasteiger partial charge is 0.241 e. The fourth-order valence-corrected chi connectivity index (χ4v) is 3.68. The summed E-state index contributed by atoms with van der Waals surface area (Å²) in [5.74, 6) is 0.672. The molecule has 6 nitrogen and oxygen atoms in total. The minimum atomic E-state index is -3.58. The van der Waals surface area contributed by atoms with Crippen LogP contribution in [0.3, 0.4) is 0 Å². The van der Waals surface area contributed by atoms with Crippen LogP contribution in [0.1, 0.15) is 40.2 Å². The van der Waals surface area contributed by atoms with Crippen LogP contribution in [0.2, 0.25) is 0 Å². The van der Waals surface area contributed by atoms with Crippen molar-refractivity contribution in [2.24, 2.45) is 4.99 Å². The third-order valence-corrected chi connectivity index (χ3v) is 4.66. The number of hydrogen-bond acceptors (Lipinski definition) is 3. The van der Waals surface area contributed by atoms with Gasteiger partial charge in [0.05, 0.1) is 11.4 Å². The third kappa shape index (κ3) is 7.80. The lowest BCUT2D eigenvalue weighted by molar-refractivity contribution is 0.491. The van der Waals surface area contributed by atoms with Crippen LogP contribution < -0.4 is 15.4 Å². The van der Waals surface area contributed by atoms with E-state index in [1.165, 1.54) is 0 Å². The Morgan fingerprint density at radius 3 is 2.12 bits per heavy atom. The van der Waals surface area contributed by atoms with E-state index in [0.29, 0.717) is 11.5 Å². The molecule has 1 aromatic rings. The van der Waals surface area contributed by atoms with Crippen molar-refractivity contribution in [3.05, 3.63) is 29.8 Å². The molecule has 1 rings (SSSR count). The van der Waals surface area contributed by atoms with Gasteiger partial charge in [0.15, 0.2) is 5.96 Å². The van der Waals surface area contributed by atoms with E-state index in [2.05, 4.69) is 20.3 Å². The predicted octanol–water partition coefficient (Wildman–Crippen LogP) is 2.46. The predicted molar refractivity (Wildman–Crippen MR) is 110 cm³/mol. The zero-order chi connectivity index (χ0) is 17.5. The van der Waals surface area contributed by atoms with Crippen LogP contribution in [0.5, 0.6) is 0 Å². The summed E-state index contributed by atoms with van der Waals surface area (Å²) < 4.78 is 27.8. The van der Waals surface area contributed by atoms with Crippen molar-refractivity contribution in [3.63, 3.8) is 0 Å². The van der Waals surface area contributed by atoms with Crippen LogP contribution >= 0.6 is 24.0 Å². The Labute approximate surface area is 163 Å². The van der Waals surface area contributed by atoms with Gasteiger partial charge in [-0.2, -0.15) is 0 Å². The summed E-state index contributed by atoms with van der Waals surface area (Å²) in [6.07, 6.45) is 0. The monoisotopic (exact) mass is 468 g/mol. The first kappa shape index (κ1) is 23.1. The van der Waals surface area contributed by atoms with Crippen molar-refractivity contribution in [2.45, 2.75) is 51.6 Å². The molecular formula is C16H29IN4O2S. The Kier molecular flexibility index (Phi) is 9.83. The fourth-order valence-electron chi connectivity index (χ4n) is 2.03. The summed E-state index contributed by atoms with van der Waals surface area (Å²) in [6, 6.07) is 6.94. The molecule has 0 fully saturated rings. The summed E-state index contributed by atoms with van der Waals surface area (Å²) >= 11 is 0. The topological polar surface area (TPSA) is 82.6 Å². The molecule has 0 aromatic heterocycles. The van der Waals surface area contributed by atoms with Gasteiger partial charge in [-0.15, -0.1) is 24.0 Å². The summed E-state index contributed by atoms with van der Waals surface area (Å²) in [6.45, 7) is 11.2. The number of hydrogen-bond donors (Lipinski definition) is 3. The molecule has 0 bridgehead atoms.